The molecule has 1 saturated heterocycles. The van der Waals surface area contributed by atoms with Crippen molar-refractivity contribution in [2.45, 2.75) is 19.5 Å². The zero-order valence-electron chi connectivity index (χ0n) is 11.2. The van der Waals surface area contributed by atoms with Gasteiger partial charge in [0.05, 0.1) is 6.26 Å². The molecule has 1 atom stereocenters. The van der Waals surface area contributed by atoms with Crippen molar-refractivity contribution in [1.82, 2.24) is 9.21 Å². The predicted molar refractivity (Wildman–Crippen MR) is 80.4 cm³/mol. The lowest BCUT2D eigenvalue weighted by molar-refractivity contribution is 0.122. The van der Waals surface area contributed by atoms with E-state index >= 15 is 0 Å². The highest BCUT2D eigenvalue weighted by molar-refractivity contribution is 9.10. The molecule has 0 saturated carbocycles. The third-order valence-corrected chi connectivity index (χ3v) is 5.23. The Hall–Kier alpha value is -0.430. The second-order valence-electron chi connectivity index (χ2n) is 5.07. The predicted octanol–water partition coefficient (Wildman–Crippen LogP) is 1.91. The molecule has 1 aromatic carbocycles. The van der Waals surface area contributed by atoms with Crippen LogP contribution in [0.5, 0.6) is 0 Å². The van der Waals surface area contributed by atoms with Crippen LogP contribution in [0.4, 0.5) is 0 Å². The fourth-order valence-electron chi connectivity index (χ4n) is 2.37. The molecule has 4 nitrogen and oxygen atoms in total. The number of piperazine rings is 1. The number of sulfonamides is 1. The Labute approximate surface area is 123 Å². The summed E-state index contributed by atoms with van der Waals surface area (Å²) in [5.41, 5.74) is 1.24. The number of benzene rings is 1. The maximum Gasteiger partial charge on any atom is 0.211 e. The van der Waals surface area contributed by atoms with Crippen molar-refractivity contribution >= 4 is 26.0 Å². The van der Waals surface area contributed by atoms with Gasteiger partial charge in [-0.1, -0.05) is 28.1 Å². The van der Waals surface area contributed by atoms with Gasteiger partial charge in [-0.2, -0.15) is 4.31 Å². The van der Waals surface area contributed by atoms with E-state index in [1.54, 1.807) is 4.31 Å². The van der Waals surface area contributed by atoms with Crippen LogP contribution < -0.4 is 0 Å². The number of halogens is 1. The summed E-state index contributed by atoms with van der Waals surface area (Å²) in [4.78, 5) is 2.32. The number of hydrogen-bond donors (Lipinski definition) is 0. The number of nitrogens with zero attached hydrogens (tertiary/aromatic N) is 2. The summed E-state index contributed by atoms with van der Waals surface area (Å²) >= 11 is 3.47. The van der Waals surface area contributed by atoms with Gasteiger partial charge in [0.2, 0.25) is 10.0 Å². The van der Waals surface area contributed by atoms with E-state index < -0.39 is 10.0 Å². The van der Waals surface area contributed by atoms with Crippen molar-refractivity contribution in [2.24, 2.45) is 0 Å². The van der Waals surface area contributed by atoms with E-state index in [4.69, 9.17) is 0 Å². The molecule has 0 N–H and O–H groups in total. The Balaban J connectivity index is 2.01. The van der Waals surface area contributed by atoms with Gasteiger partial charge in [0, 0.05) is 36.7 Å². The van der Waals surface area contributed by atoms with Gasteiger partial charge in [0.15, 0.2) is 0 Å². The minimum absolute atomic E-state index is 0.238. The fourth-order valence-corrected chi connectivity index (χ4v) is 3.71. The molecular formula is C13H19BrN2O2S. The maximum atomic E-state index is 11.5. The van der Waals surface area contributed by atoms with Crippen LogP contribution in [-0.2, 0) is 16.6 Å². The molecule has 1 heterocycles. The third-order valence-electron chi connectivity index (χ3n) is 3.47. The fraction of sp³-hybridized carbons (Fsp3) is 0.538. The summed E-state index contributed by atoms with van der Waals surface area (Å²) in [6.07, 6.45) is 1.28. The average molecular weight is 347 g/mol. The van der Waals surface area contributed by atoms with Crippen molar-refractivity contribution in [3.8, 4) is 0 Å². The van der Waals surface area contributed by atoms with E-state index in [1.807, 2.05) is 12.1 Å². The molecule has 1 aliphatic heterocycles. The van der Waals surface area contributed by atoms with E-state index in [0.717, 1.165) is 17.6 Å². The van der Waals surface area contributed by atoms with E-state index in [0.29, 0.717) is 13.1 Å². The zero-order valence-corrected chi connectivity index (χ0v) is 13.6. The third kappa shape index (κ3) is 4.02. The molecule has 0 radical (unpaired) electrons. The second kappa shape index (κ2) is 5.91. The maximum absolute atomic E-state index is 11.5. The van der Waals surface area contributed by atoms with Crippen molar-refractivity contribution in [3.63, 3.8) is 0 Å². The minimum Gasteiger partial charge on any atom is -0.294 e. The van der Waals surface area contributed by atoms with Gasteiger partial charge in [-0.3, -0.25) is 4.90 Å². The Morgan fingerprint density at radius 1 is 1.37 bits per heavy atom. The molecule has 0 spiro atoms. The molecule has 1 aliphatic rings. The lowest BCUT2D eigenvalue weighted by atomic mass is 10.1. The quantitative estimate of drug-likeness (QED) is 0.839. The summed E-state index contributed by atoms with van der Waals surface area (Å²) in [6, 6.07) is 8.48. The van der Waals surface area contributed by atoms with Gasteiger partial charge in [0.1, 0.15) is 0 Å². The van der Waals surface area contributed by atoms with E-state index in [-0.39, 0.29) is 6.04 Å². The molecule has 1 fully saturated rings. The summed E-state index contributed by atoms with van der Waals surface area (Å²) in [5.74, 6) is 0. The van der Waals surface area contributed by atoms with Gasteiger partial charge < -0.3 is 0 Å². The highest BCUT2D eigenvalue weighted by atomic mass is 79.9. The molecule has 0 aromatic heterocycles. The summed E-state index contributed by atoms with van der Waals surface area (Å²) in [7, 11) is -3.06. The molecule has 1 unspecified atom stereocenters. The van der Waals surface area contributed by atoms with Crippen LogP contribution in [0.25, 0.3) is 0 Å². The number of hydrogen-bond acceptors (Lipinski definition) is 3. The first-order chi connectivity index (χ1) is 8.86. The Morgan fingerprint density at radius 2 is 2.11 bits per heavy atom. The van der Waals surface area contributed by atoms with Crippen LogP contribution in [-0.4, -0.2) is 49.6 Å². The standard InChI is InChI=1S/C13H19BrN2O2S/c1-11-9-16(19(2,17)18)7-6-15(11)10-12-4-3-5-13(14)8-12/h3-5,8,11H,6-7,9-10H2,1-2H3. The van der Waals surface area contributed by atoms with Crippen LogP contribution >= 0.6 is 15.9 Å². The lowest BCUT2D eigenvalue weighted by Gasteiger charge is -2.38. The Morgan fingerprint density at radius 3 is 2.68 bits per heavy atom. The summed E-state index contributed by atoms with van der Waals surface area (Å²) in [5, 5.41) is 0. The zero-order chi connectivity index (χ0) is 14.0. The highest BCUT2D eigenvalue weighted by Crippen LogP contribution is 2.18. The average Bonchev–Trinajstić information content (AvgIpc) is 2.30. The van der Waals surface area contributed by atoms with Crippen molar-refractivity contribution in [2.75, 3.05) is 25.9 Å². The van der Waals surface area contributed by atoms with Crippen molar-refractivity contribution in [3.05, 3.63) is 34.3 Å². The van der Waals surface area contributed by atoms with E-state index in [1.165, 1.54) is 11.8 Å². The van der Waals surface area contributed by atoms with Crippen LogP contribution in [0, 0.1) is 0 Å². The Bertz CT molecular complexity index is 547. The first-order valence-electron chi connectivity index (χ1n) is 6.30. The van der Waals surface area contributed by atoms with E-state index in [9.17, 15) is 8.42 Å². The molecular weight excluding hydrogens is 328 g/mol. The summed E-state index contributed by atoms with van der Waals surface area (Å²) in [6.45, 7) is 4.87. The molecule has 106 valence electrons. The summed E-state index contributed by atoms with van der Waals surface area (Å²) < 4.78 is 25.7. The molecule has 19 heavy (non-hydrogen) atoms. The molecule has 2 rings (SSSR count). The van der Waals surface area contributed by atoms with Crippen LogP contribution in [0.15, 0.2) is 28.7 Å². The van der Waals surface area contributed by atoms with E-state index in [2.05, 4.69) is 39.9 Å². The van der Waals surface area contributed by atoms with Crippen LogP contribution in [0.2, 0.25) is 0 Å². The first kappa shape index (κ1) is 15.0. The van der Waals surface area contributed by atoms with Crippen LogP contribution in [0.1, 0.15) is 12.5 Å². The van der Waals surface area contributed by atoms with Crippen LogP contribution in [0.3, 0.4) is 0 Å². The van der Waals surface area contributed by atoms with Gasteiger partial charge in [0.25, 0.3) is 0 Å². The molecule has 0 bridgehead atoms. The van der Waals surface area contributed by atoms with Gasteiger partial charge >= 0.3 is 0 Å². The topological polar surface area (TPSA) is 40.6 Å². The molecule has 1 aromatic rings. The molecule has 0 aliphatic carbocycles. The highest BCUT2D eigenvalue weighted by Gasteiger charge is 2.28. The second-order valence-corrected chi connectivity index (χ2v) is 7.97. The van der Waals surface area contributed by atoms with Crippen molar-refractivity contribution in [1.29, 1.82) is 0 Å². The SMILES string of the molecule is CC1CN(S(C)(=O)=O)CCN1Cc1cccc(Br)c1. The smallest absolute Gasteiger partial charge is 0.211 e. The minimum atomic E-state index is -3.06. The first-order valence-corrected chi connectivity index (χ1v) is 8.94. The largest absolute Gasteiger partial charge is 0.294 e. The monoisotopic (exact) mass is 346 g/mol. The molecule has 6 heteroatoms. The Kier molecular flexibility index (Phi) is 4.66. The van der Waals surface area contributed by atoms with Crippen molar-refractivity contribution < 1.29 is 8.42 Å². The normalized spacial score (nSPS) is 22.6. The van der Waals surface area contributed by atoms with Gasteiger partial charge in [-0.05, 0) is 24.6 Å². The molecule has 0 amide bonds. The van der Waals surface area contributed by atoms with Gasteiger partial charge in [-0.25, -0.2) is 8.42 Å². The lowest BCUT2D eigenvalue weighted by Crippen LogP contribution is -2.52. The number of rotatable bonds is 3. The van der Waals surface area contributed by atoms with Gasteiger partial charge in [-0.15, -0.1) is 0 Å².